The van der Waals surface area contributed by atoms with E-state index in [1.807, 2.05) is 58.1 Å². The third-order valence-corrected chi connectivity index (χ3v) is 15.7. The zero-order valence-corrected chi connectivity index (χ0v) is 44.4. The number of allylic oxidation sites excluding steroid dienone is 6. The van der Waals surface area contributed by atoms with Crippen molar-refractivity contribution in [3.63, 3.8) is 0 Å². The Balaban J connectivity index is 1.68. The number of aliphatic hydroxyl groups is 2. The van der Waals surface area contributed by atoms with Gasteiger partial charge in [-0.05, 0) is 120 Å². The molecule has 2 bridgehead atoms. The minimum Gasteiger partial charge on any atom is -0.460 e. The molecule has 15 heteroatoms. The van der Waals surface area contributed by atoms with E-state index in [0.717, 1.165) is 24.8 Å². The van der Waals surface area contributed by atoms with Crippen LogP contribution in [0.25, 0.3) is 0 Å². The molecule has 3 fully saturated rings. The Morgan fingerprint density at radius 1 is 0.868 bits per heavy atom. The van der Waals surface area contributed by atoms with Gasteiger partial charge in [0.05, 0.1) is 30.5 Å². The first-order valence-electron chi connectivity index (χ1n) is 25.1. The summed E-state index contributed by atoms with van der Waals surface area (Å²) in [5.41, 5.74) is 1.22. The van der Waals surface area contributed by atoms with Crippen molar-refractivity contribution in [2.45, 2.75) is 193 Å². The molecule has 4 aliphatic rings. The van der Waals surface area contributed by atoms with E-state index in [1.54, 1.807) is 41.1 Å². The predicted molar refractivity (Wildman–Crippen MR) is 263 cm³/mol. The van der Waals surface area contributed by atoms with Gasteiger partial charge in [-0.25, -0.2) is 4.79 Å². The molecule has 14 nitrogen and oxygen atoms in total. The molecule has 2 saturated heterocycles. The summed E-state index contributed by atoms with van der Waals surface area (Å²) in [6, 6.07) is -1.12. The smallest absolute Gasteiger partial charge is 0.329 e. The Bertz CT molecular complexity index is 1860. The number of hydrogen-bond acceptors (Lipinski definition) is 13. The third kappa shape index (κ3) is 15.4. The number of rotatable bonds is 8. The summed E-state index contributed by atoms with van der Waals surface area (Å²) in [5, 5.41) is 23.4. The van der Waals surface area contributed by atoms with Gasteiger partial charge in [0.2, 0.25) is 5.79 Å². The molecule has 3 aliphatic heterocycles. The number of Topliss-reactive ketones (excluding diaryl/α,β-unsaturated/α-hetero) is 3. The summed E-state index contributed by atoms with van der Waals surface area (Å²) in [6.07, 6.45) is 12.2. The normalized spacial score (nSPS) is 36.8. The standard InChI is InChI=1S/C53H85NO13Si/c1-32-18-15-14-16-19-33(2)44(62-8)30-40-23-21-38(7)53(61,66-40)50(58)51(59)54-25-17-20-41(54)52(60)65-45(35(4)28-39-22-24-43(46(29-39)63-9)67-68(11,12)13)31-42(55)34(3)27-37(6)48(57)49(64-10)47(56)36(5)26-32/h14-16,18-19,27,32,35-41,43-46,48-49,57,61H,17,20-26,28-31H2,1-13H3/t32-,35-,36-,37?,38-,39+,40+,41+,43-,44+,45+,46-,48-,49+,53-/m1/s1. The molecule has 1 unspecified atom stereocenters. The lowest BCUT2D eigenvalue weighted by Gasteiger charge is -2.41. The first-order valence-corrected chi connectivity index (χ1v) is 28.5. The minimum atomic E-state index is -2.42. The molecule has 1 amide bonds. The van der Waals surface area contributed by atoms with Crippen LogP contribution >= 0.6 is 0 Å². The first kappa shape index (κ1) is 57.4. The number of methoxy groups -OCH3 is 3. The van der Waals surface area contributed by atoms with Crippen LogP contribution in [0, 0.1) is 35.5 Å². The summed E-state index contributed by atoms with van der Waals surface area (Å²) in [5.74, 6) is -7.71. The Labute approximate surface area is 407 Å². The second kappa shape index (κ2) is 25.8. The van der Waals surface area contributed by atoms with Crippen LogP contribution in [-0.2, 0) is 52.1 Å². The van der Waals surface area contributed by atoms with Crippen LogP contribution in [-0.4, -0.2) is 135 Å². The van der Waals surface area contributed by atoms with Crippen LogP contribution in [0.15, 0.2) is 47.6 Å². The van der Waals surface area contributed by atoms with Crippen molar-refractivity contribution >= 4 is 37.5 Å². The van der Waals surface area contributed by atoms with Gasteiger partial charge in [0.25, 0.3) is 11.7 Å². The summed E-state index contributed by atoms with van der Waals surface area (Å²) in [7, 11) is 2.84. The highest BCUT2D eigenvalue weighted by atomic mass is 28.4. The quantitative estimate of drug-likeness (QED) is 0.138. The highest BCUT2D eigenvalue weighted by Crippen LogP contribution is 2.38. The fraction of sp³-hybridized carbons (Fsp3) is 0.755. The number of hydrogen-bond donors (Lipinski definition) is 2. The average Bonchev–Trinajstić information content (AvgIpc) is 3.78. The second-order valence-corrected chi connectivity index (χ2v) is 25.9. The van der Waals surface area contributed by atoms with Gasteiger partial charge in [-0.3, -0.25) is 19.2 Å². The number of cyclic esters (lactones) is 1. The van der Waals surface area contributed by atoms with Gasteiger partial charge in [-0.2, -0.15) is 0 Å². The highest BCUT2D eigenvalue weighted by Gasteiger charge is 2.53. The number of ketones is 3. The molecule has 1 saturated carbocycles. The molecule has 0 radical (unpaired) electrons. The number of amides is 1. The number of ether oxygens (including phenoxy) is 5. The summed E-state index contributed by atoms with van der Waals surface area (Å²) < 4.78 is 36.3. The maximum Gasteiger partial charge on any atom is 0.329 e. The lowest BCUT2D eigenvalue weighted by molar-refractivity contribution is -0.265. The lowest BCUT2D eigenvalue weighted by Crippen LogP contribution is -2.59. The van der Waals surface area contributed by atoms with Crippen molar-refractivity contribution in [1.82, 2.24) is 4.90 Å². The predicted octanol–water partition coefficient (Wildman–Crippen LogP) is 7.65. The zero-order valence-electron chi connectivity index (χ0n) is 43.4. The van der Waals surface area contributed by atoms with E-state index in [1.165, 1.54) is 12.0 Å². The number of carbonyl (C=O) groups is 5. The molecule has 0 spiro atoms. The number of nitrogens with zero attached hydrogens (tertiary/aromatic N) is 1. The third-order valence-electron chi connectivity index (χ3n) is 14.7. The van der Waals surface area contributed by atoms with E-state index in [4.69, 9.17) is 28.1 Å². The Morgan fingerprint density at radius 2 is 1.57 bits per heavy atom. The summed E-state index contributed by atoms with van der Waals surface area (Å²) in [4.78, 5) is 71.8. The molecule has 3 heterocycles. The first-order chi connectivity index (χ1) is 31.9. The minimum absolute atomic E-state index is 0.0132. The van der Waals surface area contributed by atoms with Crippen molar-refractivity contribution in [2.24, 2.45) is 35.5 Å². The van der Waals surface area contributed by atoms with E-state index in [-0.39, 0.29) is 60.9 Å². The van der Waals surface area contributed by atoms with Gasteiger partial charge in [-0.15, -0.1) is 0 Å². The van der Waals surface area contributed by atoms with Crippen molar-refractivity contribution in [1.29, 1.82) is 0 Å². The van der Waals surface area contributed by atoms with Gasteiger partial charge in [0.1, 0.15) is 18.2 Å². The topological polar surface area (TPSA) is 184 Å². The molecular weight excluding hydrogens is 887 g/mol. The van der Waals surface area contributed by atoms with Crippen molar-refractivity contribution in [3.8, 4) is 0 Å². The molecule has 384 valence electrons. The molecule has 2 N–H and O–H groups in total. The fourth-order valence-corrected chi connectivity index (χ4v) is 11.7. The van der Waals surface area contributed by atoms with Crippen LogP contribution in [0.1, 0.15) is 119 Å². The fourth-order valence-electron chi connectivity index (χ4n) is 10.5. The molecule has 0 aromatic heterocycles. The van der Waals surface area contributed by atoms with Gasteiger partial charge in [-0.1, -0.05) is 71.1 Å². The van der Waals surface area contributed by atoms with Crippen LogP contribution < -0.4 is 0 Å². The lowest BCUT2D eigenvalue weighted by atomic mass is 9.78. The highest BCUT2D eigenvalue weighted by molar-refractivity contribution is 6.69. The van der Waals surface area contributed by atoms with Gasteiger partial charge < -0.3 is 43.2 Å². The Morgan fingerprint density at radius 3 is 2.22 bits per heavy atom. The number of fused-ring (bicyclic) bond motifs is 3. The van der Waals surface area contributed by atoms with E-state index >= 15 is 0 Å². The molecule has 1 aliphatic carbocycles. The SMILES string of the molecule is CO[C@H]1C[C@@H]2CC[C@@H](C)[C@@](O)(O2)C(=O)C(=O)N2CCC[C@H]2C(=O)O[C@H]([C@H](C)C[C@@H]2CC[C@@H](O[Si](C)(C)C)[C@H](OC)C2)CC(=O)C(C)=CC(C)[C@@H](O)[C@@H](OC)C(=O)[C@H](C)C[C@H](C)C=CC=CC=C1C. The van der Waals surface area contributed by atoms with Crippen LogP contribution in [0.5, 0.6) is 0 Å². The summed E-state index contributed by atoms with van der Waals surface area (Å²) in [6.45, 7) is 19.3. The van der Waals surface area contributed by atoms with Crippen LogP contribution in [0.3, 0.4) is 0 Å². The molecule has 0 aromatic carbocycles. The Kier molecular flexibility index (Phi) is 21.8. The van der Waals surface area contributed by atoms with Crippen LogP contribution in [0.4, 0.5) is 0 Å². The number of carbonyl (C=O) groups excluding carboxylic acids is 5. The van der Waals surface area contributed by atoms with Gasteiger partial charge in [0.15, 0.2) is 19.9 Å². The maximum atomic E-state index is 14.4. The number of esters is 1. The summed E-state index contributed by atoms with van der Waals surface area (Å²) >= 11 is 0. The molecule has 15 atom stereocenters. The molecule has 68 heavy (non-hydrogen) atoms. The van der Waals surface area contributed by atoms with E-state index in [9.17, 15) is 34.2 Å². The second-order valence-electron chi connectivity index (χ2n) is 21.5. The van der Waals surface area contributed by atoms with Gasteiger partial charge in [0, 0.05) is 58.5 Å². The number of aliphatic hydroxyl groups excluding tert-OH is 1. The largest absolute Gasteiger partial charge is 0.460 e. The maximum absolute atomic E-state index is 14.4. The van der Waals surface area contributed by atoms with E-state index in [0.29, 0.717) is 44.1 Å². The van der Waals surface area contributed by atoms with Crippen LogP contribution in [0.2, 0.25) is 19.6 Å². The van der Waals surface area contributed by atoms with Crippen molar-refractivity contribution in [2.75, 3.05) is 27.9 Å². The monoisotopic (exact) mass is 972 g/mol. The zero-order chi connectivity index (χ0) is 50.7. The average molecular weight is 972 g/mol. The Hall–Kier alpha value is -3.15. The van der Waals surface area contributed by atoms with E-state index < -0.39 is 86.1 Å². The molecule has 4 rings (SSSR count). The van der Waals surface area contributed by atoms with E-state index in [2.05, 4.69) is 19.6 Å². The molecule has 0 aromatic rings. The molecular formula is C53H85NO13Si. The van der Waals surface area contributed by atoms with Crippen molar-refractivity contribution in [3.05, 3.63) is 47.6 Å². The van der Waals surface area contributed by atoms with Gasteiger partial charge >= 0.3 is 5.97 Å². The van der Waals surface area contributed by atoms with Crippen molar-refractivity contribution < 1.29 is 62.3 Å².